The highest BCUT2D eigenvalue weighted by atomic mass is 127. The van der Waals surface area contributed by atoms with Gasteiger partial charge in [0, 0.05) is 16.6 Å². The Bertz CT molecular complexity index is 192. The van der Waals surface area contributed by atoms with Crippen LogP contribution in [-0.2, 0) is 14.3 Å². The predicted molar refractivity (Wildman–Crippen MR) is 69.3 cm³/mol. The lowest BCUT2D eigenvalue weighted by Crippen LogP contribution is -2.03. The molecule has 0 aliphatic rings. The highest BCUT2D eigenvalue weighted by molar-refractivity contribution is 14.1. The third-order valence-corrected chi connectivity index (χ3v) is 2.40. The molecule has 0 aromatic rings. The van der Waals surface area contributed by atoms with Gasteiger partial charge < -0.3 is 9.47 Å². The maximum Gasteiger partial charge on any atom is 0.333 e. The molecule has 0 saturated heterocycles. The van der Waals surface area contributed by atoms with Crippen LogP contribution in [0, 0.1) is 0 Å². The number of methoxy groups -OCH3 is 1. The number of halogens is 1. The van der Waals surface area contributed by atoms with E-state index in [2.05, 4.69) is 33.9 Å². The van der Waals surface area contributed by atoms with Crippen LogP contribution in [0.4, 0.5) is 0 Å². The van der Waals surface area contributed by atoms with Gasteiger partial charge in [0.2, 0.25) is 0 Å². The van der Waals surface area contributed by atoms with Gasteiger partial charge in [0.15, 0.2) is 0 Å². The molecule has 0 aliphatic heterocycles. The molecule has 4 heteroatoms. The Morgan fingerprint density at radius 3 is 2.60 bits per heavy atom. The van der Waals surface area contributed by atoms with E-state index in [1.54, 1.807) is 0 Å². The van der Waals surface area contributed by atoms with E-state index in [0.717, 1.165) is 43.3 Å². The normalized spacial score (nSPS) is 10.0. The molecule has 0 aromatic heterocycles. The molecule has 88 valence electrons. The minimum Gasteiger partial charge on any atom is -0.466 e. The Hall–Kier alpha value is -0.100. The first-order chi connectivity index (χ1) is 7.22. The number of rotatable bonds is 9. The van der Waals surface area contributed by atoms with Crippen LogP contribution in [-0.4, -0.2) is 30.7 Å². The monoisotopic (exact) mass is 326 g/mol. The Balaban J connectivity index is 3.24. The van der Waals surface area contributed by atoms with E-state index >= 15 is 0 Å². The van der Waals surface area contributed by atoms with E-state index < -0.39 is 0 Å². The van der Waals surface area contributed by atoms with Crippen molar-refractivity contribution in [2.24, 2.45) is 0 Å². The number of unbranched alkanes of at least 4 members (excludes halogenated alkanes) is 2. The second-order valence-electron chi connectivity index (χ2n) is 3.21. The summed E-state index contributed by atoms with van der Waals surface area (Å²) in [5, 5.41) is 0. The molecule has 0 unspecified atom stereocenters. The van der Waals surface area contributed by atoms with E-state index in [1.807, 2.05) is 0 Å². The maximum atomic E-state index is 11.0. The van der Waals surface area contributed by atoms with Crippen molar-refractivity contribution in [1.82, 2.24) is 0 Å². The first kappa shape index (κ1) is 14.9. The van der Waals surface area contributed by atoms with Gasteiger partial charge in [-0.3, -0.25) is 0 Å². The molecule has 0 radical (unpaired) electrons. The molecule has 0 spiro atoms. The average Bonchev–Trinajstić information content (AvgIpc) is 2.26. The van der Waals surface area contributed by atoms with Crippen molar-refractivity contribution in [3.8, 4) is 0 Å². The van der Waals surface area contributed by atoms with Crippen LogP contribution in [0.2, 0.25) is 0 Å². The minimum atomic E-state index is -0.295. The number of hydrogen-bond donors (Lipinski definition) is 0. The van der Waals surface area contributed by atoms with Crippen molar-refractivity contribution in [2.75, 3.05) is 24.8 Å². The van der Waals surface area contributed by atoms with Crippen LogP contribution in [0.25, 0.3) is 0 Å². The zero-order chi connectivity index (χ0) is 11.5. The van der Waals surface area contributed by atoms with Gasteiger partial charge in [0.05, 0.1) is 13.7 Å². The number of alkyl halides is 1. The van der Waals surface area contributed by atoms with Crippen LogP contribution in [0.3, 0.4) is 0 Å². The van der Waals surface area contributed by atoms with Gasteiger partial charge in [0.1, 0.15) is 0 Å². The standard InChI is InChI=1S/C11H19IO3/c1-10(11(13)14-2)6-4-3-5-8-15-9-7-12/h1,3-9H2,2H3. The fourth-order valence-corrected chi connectivity index (χ4v) is 1.43. The van der Waals surface area contributed by atoms with Gasteiger partial charge in [-0.1, -0.05) is 35.6 Å². The number of ether oxygens (including phenoxy) is 2. The maximum absolute atomic E-state index is 11.0. The SMILES string of the molecule is C=C(CCCCCOCCI)C(=O)OC. The second kappa shape index (κ2) is 10.4. The summed E-state index contributed by atoms with van der Waals surface area (Å²) >= 11 is 2.29. The van der Waals surface area contributed by atoms with E-state index in [1.165, 1.54) is 7.11 Å². The van der Waals surface area contributed by atoms with Gasteiger partial charge >= 0.3 is 5.97 Å². The van der Waals surface area contributed by atoms with Crippen LogP contribution in [0.15, 0.2) is 12.2 Å². The van der Waals surface area contributed by atoms with E-state index in [4.69, 9.17) is 4.74 Å². The molecule has 15 heavy (non-hydrogen) atoms. The highest BCUT2D eigenvalue weighted by Crippen LogP contribution is 2.08. The van der Waals surface area contributed by atoms with Crippen molar-refractivity contribution in [3.63, 3.8) is 0 Å². The highest BCUT2D eigenvalue weighted by Gasteiger charge is 2.05. The number of esters is 1. The summed E-state index contributed by atoms with van der Waals surface area (Å²) in [5.41, 5.74) is 0.561. The van der Waals surface area contributed by atoms with E-state index in [9.17, 15) is 4.79 Å². The molecule has 0 bridgehead atoms. The van der Waals surface area contributed by atoms with Crippen molar-refractivity contribution >= 4 is 28.6 Å². The molecule has 0 saturated carbocycles. The summed E-state index contributed by atoms with van der Waals surface area (Å²) < 4.78 is 10.9. The molecular formula is C11H19IO3. The lowest BCUT2D eigenvalue weighted by Gasteiger charge is -2.04. The number of carbonyl (C=O) groups is 1. The van der Waals surface area contributed by atoms with Gasteiger partial charge in [-0.05, 0) is 19.3 Å². The zero-order valence-electron chi connectivity index (χ0n) is 9.26. The van der Waals surface area contributed by atoms with Crippen LogP contribution in [0.5, 0.6) is 0 Å². The van der Waals surface area contributed by atoms with E-state index in [-0.39, 0.29) is 5.97 Å². The molecule has 3 nitrogen and oxygen atoms in total. The van der Waals surface area contributed by atoms with Gasteiger partial charge in [-0.2, -0.15) is 0 Å². The number of hydrogen-bond acceptors (Lipinski definition) is 3. The summed E-state index contributed by atoms with van der Waals surface area (Å²) in [6.07, 6.45) is 3.81. The lowest BCUT2D eigenvalue weighted by atomic mass is 10.1. The largest absolute Gasteiger partial charge is 0.466 e. The van der Waals surface area contributed by atoms with Crippen molar-refractivity contribution in [2.45, 2.75) is 25.7 Å². The second-order valence-corrected chi connectivity index (χ2v) is 4.29. The molecule has 0 amide bonds. The van der Waals surface area contributed by atoms with Gasteiger partial charge in [-0.25, -0.2) is 4.79 Å². The Kier molecular flexibility index (Phi) is 10.3. The minimum absolute atomic E-state index is 0.295. The van der Waals surface area contributed by atoms with Gasteiger partial charge in [0.25, 0.3) is 0 Å². The van der Waals surface area contributed by atoms with Crippen molar-refractivity contribution in [1.29, 1.82) is 0 Å². The molecule has 0 fully saturated rings. The predicted octanol–water partition coefficient (Wildman–Crippen LogP) is 2.73. The van der Waals surface area contributed by atoms with Crippen LogP contribution >= 0.6 is 22.6 Å². The van der Waals surface area contributed by atoms with Crippen molar-refractivity contribution < 1.29 is 14.3 Å². The van der Waals surface area contributed by atoms with Gasteiger partial charge in [-0.15, -0.1) is 0 Å². The molecule has 0 aliphatic carbocycles. The Morgan fingerprint density at radius 2 is 2.00 bits per heavy atom. The number of carbonyl (C=O) groups excluding carboxylic acids is 1. The van der Waals surface area contributed by atoms with Crippen LogP contribution < -0.4 is 0 Å². The third-order valence-electron chi connectivity index (χ3n) is 1.96. The summed E-state index contributed by atoms with van der Waals surface area (Å²) in [7, 11) is 1.38. The molecule has 0 heterocycles. The lowest BCUT2D eigenvalue weighted by molar-refractivity contribution is -0.136. The molecular weight excluding hydrogens is 307 g/mol. The molecule has 0 atom stereocenters. The first-order valence-corrected chi connectivity index (χ1v) is 6.64. The Morgan fingerprint density at radius 1 is 1.27 bits per heavy atom. The molecule has 0 rings (SSSR count). The average molecular weight is 326 g/mol. The van der Waals surface area contributed by atoms with Crippen molar-refractivity contribution in [3.05, 3.63) is 12.2 Å². The third kappa shape index (κ3) is 8.87. The fraction of sp³-hybridized carbons (Fsp3) is 0.727. The zero-order valence-corrected chi connectivity index (χ0v) is 11.4. The first-order valence-electron chi connectivity index (χ1n) is 5.12. The molecule has 0 aromatic carbocycles. The Labute approximate surface area is 105 Å². The smallest absolute Gasteiger partial charge is 0.333 e. The molecule has 0 N–H and O–H groups in total. The topological polar surface area (TPSA) is 35.5 Å². The van der Waals surface area contributed by atoms with E-state index in [0.29, 0.717) is 5.57 Å². The van der Waals surface area contributed by atoms with Crippen LogP contribution in [0.1, 0.15) is 25.7 Å². The summed E-state index contributed by atoms with van der Waals surface area (Å²) in [4.78, 5) is 11.0. The fourth-order valence-electron chi connectivity index (χ4n) is 1.12. The summed E-state index contributed by atoms with van der Waals surface area (Å²) in [6.45, 7) is 5.31. The summed E-state index contributed by atoms with van der Waals surface area (Å²) in [5.74, 6) is -0.295. The summed E-state index contributed by atoms with van der Waals surface area (Å²) in [6, 6.07) is 0. The quantitative estimate of drug-likeness (QED) is 0.215.